The summed E-state index contributed by atoms with van der Waals surface area (Å²) in [7, 11) is 1.98. The molecule has 0 radical (unpaired) electrons. The number of benzene rings is 1. The second-order valence-corrected chi connectivity index (χ2v) is 4.66. The lowest BCUT2D eigenvalue weighted by Crippen LogP contribution is -2.37. The van der Waals surface area contributed by atoms with Gasteiger partial charge in [-0.25, -0.2) is 0 Å². The van der Waals surface area contributed by atoms with E-state index in [0.717, 1.165) is 30.6 Å². The lowest BCUT2D eigenvalue weighted by Gasteiger charge is -2.18. The fourth-order valence-corrected chi connectivity index (χ4v) is 2.26. The van der Waals surface area contributed by atoms with Crippen molar-refractivity contribution in [1.82, 2.24) is 4.90 Å². The maximum Gasteiger partial charge on any atom is 0.241 e. The number of hydrogen-bond acceptors (Lipinski definition) is 3. The van der Waals surface area contributed by atoms with Gasteiger partial charge in [-0.2, -0.15) is 5.26 Å². The minimum absolute atomic E-state index is 0.0104. The summed E-state index contributed by atoms with van der Waals surface area (Å²) in [5.74, 6) is 0.0584. The van der Waals surface area contributed by atoms with Crippen molar-refractivity contribution in [3.05, 3.63) is 29.8 Å². The minimum atomic E-state index is -0.0104. The molecule has 1 aromatic carbocycles. The summed E-state index contributed by atoms with van der Waals surface area (Å²) in [5.41, 5.74) is 1.76. The highest BCUT2D eigenvalue weighted by Gasteiger charge is 2.27. The first-order chi connectivity index (χ1) is 8.70. The third kappa shape index (κ3) is 2.88. The fraction of sp³-hybridized carbons (Fsp3) is 0.429. The number of anilines is 1. The molecule has 0 aromatic heterocycles. The van der Waals surface area contributed by atoms with E-state index in [2.05, 4.69) is 16.3 Å². The molecule has 4 nitrogen and oxygen atoms in total. The number of rotatable bonds is 3. The molecule has 94 valence electrons. The first kappa shape index (κ1) is 12.6. The lowest BCUT2D eigenvalue weighted by atomic mass is 10.1. The molecule has 0 saturated carbocycles. The van der Waals surface area contributed by atoms with Gasteiger partial charge in [-0.05, 0) is 44.1 Å². The normalized spacial score (nSPS) is 19.4. The van der Waals surface area contributed by atoms with E-state index < -0.39 is 0 Å². The number of hydrogen-bond donors (Lipinski definition) is 1. The summed E-state index contributed by atoms with van der Waals surface area (Å²) >= 11 is 0. The van der Waals surface area contributed by atoms with Crippen LogP contribution >= 0.6 is 0 Å². The lowest BCUT2D eigenvalue weighted by molar-refractivity contribution is -0.119. The highest BCUT2D eigenvalue weighted by molar-refractivity contribution is 5.95. The van der Waals surface area contributed by atoms with E-state index in [4.69, 9.17) is 5.26 Å². The minimum Gasteiger partial charge on any atom is -0.325 e. The number of likely N-dealkylation sites (tertiary alicyclic amines) is 1. The quantitative estimate of drug-likeness (QED) is 0.880. The number of nitrogens with zero attached hydrogens (tertiary/aromatic N) is 2. The average molecular weight is 243 g/mol. The topological polar surface area (TPSA) is 56.1 Å². The molecular formula is C14H17N3O. The molecule has 1 fully saturated rings. The maximum absolute atomic E-state index is 12.0. The van der Waals surface area contributed by atoms with E-state index in [1.54, 1.807) is 0 Å². The van der Waals surface area contributed by atoms with Crippen LogP contribution in [0.2, 0.25) is 0 Å². The molecule has 1 N–H and O–H groups in total. The van der Waals surface area contributed by atoms with E-state index >= 15 is 0 Å². The second-order valence-electron chi connectivity index (χ2n) is 4.66. The van der Waals surface area contributed by atoms with Gasteiger partial charge in [0.05, 0.1) is 18.5 Å². The van der Waals surface area contributed by atoms with E-state index in [1.165, 1.54) is 0 Å². The van der Waals surface area contributed by atoms with Crippen LogP contribution < -0.4 is 5.32 Å². The zero-order chi connectivity index (χ0) is 13.0. The number of nitrogens with one attached hydrogen (secondary N) is 1. The number of carbonyl (C=O) groups excluding carboxylic acids is 1. The maximum atomic E-state index is 12.0. The number of carbonyl (C=O) groups is 1. The van der Waals surface area contributed by atoms with Crippen molar-refractivity contribution >= 4 is 11.6 Å². The van der Waals surface area contributed by atoms with Crippen molar-refractivity contribution in [2.24, 2.45) is 0 Å². The Kier molecular flexibility index (Phi) is 3.96. The standard InChI is InChI=1S/C14H17N3O/c1-17-10-2-3-13(17)14(18)16-12-6-4-11(5-7-12)8-9-15/h4-7,13H,2-3,8,10H2,1H3,(H,16,18)/t13-/m0/s1. The summed E-state index contributed by atoms with van der Waals surface area (Å²) in [4.78, 5) is 14.1. The van der Waals surface area contributed by atoms with Gasteiger partial charge in [0, 0.05) is 5.69 Å². The van der Waals surface area contributed by atoms with Gasteiger partial charge in [0.15, 0.2) is 0 Å². The SMILES string of the molecule is CN1CCC[C@H]1C(=O)Nc1ccc(CC#N)cc1. The Morgan fingerprint density at radius 2 is 2.22 bits per heavy atom. The van der Waals surface area contributed by atoms with Crippen molar-refractivity contribution in [3.63, 3.8) is 0 Å². The summed E-state index contributed by atoms with van der Waals surface area (Å²) in [6, 6.07) is 9.53. The van der Waals surface area contributed by atoms with Crippen LogP contribution in [0.1, 0.15) is 18.4 Å². The first-order valence-electron chi connectivity index (χ1n) is 6.17. The molecule has 1 heterocycles. The van der Waals surface area contributed by atoms with Gasteiger partial charge >= 0.3 is 0 Å². The third-order valence-electron chi connectivity index (χ3n) is 3.33. The fourth-order valence-electron chi connectivity index (χ4n) is 2.26. The van der Waals surface area contributed by atoms with Crippen LogP contribution in [0, 0.1) is 11.3 Å². The molecule has 1 saturated heterocycles. The van der Waals surface area contributed by atoms with Crippen molar-refractivity contribution in [2.45, 2.75) is 25.3 Å². The Balaban J connectivity index is 1.97. The monoisotopic (exact) mass is 243 g/mol. The summed E-state index contributed by atoms with van der Waals surface area (Å²) < 4.78 is 0. The van der Waals surface area contributed by atoms with E-state index in [-0.39, 0.29) is 11.9 Å². The van der Waals surface area contributed by atoms with Crippen LogP contribution in [-0.4, -0.2) is 30.4 Å². The molecule has 0 spiro atoms. The second kappa shape index (κ2) is 5.65. The molecule has 1 atom stereocenters. The number of nitriles is 1. The van der Waals surface area contributed by atoms with E-state index in [1.807, 2.05) is 31.3 Å². The Labute approximate surface area is 107 Å². The average Bonchev–Trinajstić information content (AvgIpc) is 2.78. The summed E-state index contributed by atoms with van der Waals surface area (Å²) in [6.07, 6.45) is 2.41. The smallest absolute Gasteiger partial charge is 0.241 e. The van der Waals surface area contributed by atoms with Crippen molar-refractivity contribution in [2.75, 3.05) is 18.9 Å². The molecule has 0 aliphatic carbocycles. The molecular weight excluding hydrogens is 226 g/mol. The van der Waals surface area contributed by atoms with Crippen molar-refractivity contribution in [3.8, 4) is 6.07 Å². The van der Waals surface area contributed by atoms with Gasteiger partial charge in [0.1, 0.15) is 0 Å². The van der Waals surface area contributed by atoms with Crippen LogP contribution in [0.4, 0.5) is 5.69 Å². The highest BCUT2D eigenvalue weighted by Crippen LogP contribution is 2.17. The predicted octanol–water partition coefficient (Wildman–Crippen LogP) is 1.79. The van der Waals surface area contributed by atoms with Crippen LogP contribution in [0.5, 0.6) is 0 Å². The number of likely N-dealkylation sites (N-methyl/N-ethyl adjacent to an activating group) is 1. The Bertz CT molecular complexity index is 461. The van der Waals surface area contributed by atoms with Gasteiger partial charge in [-0.3, -0.25) is 9.69 Å². The van der Waals surface area contributed by atoms with Crippen LogP contribution in [0.15, 0.2) is 24.3 Å². The molecule has 1 aliphatic heterocycles. The summed E-state index contributed by atoms with van der Waals surface area (Å²) in [6.45, 7) is 0.985. The number of amides is 1. The van der Waals surface area contributed by atoms with Gasteiger partial charge in [0.2, 0.25) is 5.91 Å². The highest BCUT2D eigenvalue weighted by atomic mass is 16.2. The molecule has 0 bridgehead atoms. The van der Waals surface area contributed by atoms with Crippen molar-refractivity contribution in [1.29, 1.82) is 5.26 Å². The molecule has 18 heavy (non-hydrogen) atoms. The Morgan fingerprint density at radius 1 is 1.50 bits per heavy atom. The van der Waals surface area contributed by atoms with Crippen molar-refractivity contribution < 1.29 is 4.79 Å². The molecule has 4 heteroatoms. The predicted molar refractivity (Wildman–Crippen MR) is 70.0 cm³/mol. The molecule has 1 aromatic rings. The Hall–Kier alpha value is -1.86. The van der Waals surface area contributed by atoms with Gasteiger partial charge < -0.3 is 5.32 Å². The molecule has 1 amide bonds. The van der Waals surface area contributed by atoms with Crippen LogP contribution in [0.3, 0.4) is 0 Å². The van der Waals surface area contributed by atoms with Gasteiger partial charge in [-0.15, -0.1) is 0 Å². The molecule has 1 aliphatic rings. The van der Waals surface area contributed by atoms with E-state index in [9.17, 15) is 4.79 Å². The van der Waals surface area contributed by atoms with E-state index in [0.29, 0.717) is 6.42 Å². The van der Waals surface area contributed by atoms with Gasteiger partial charge in [-0.1, -0.05) is 12.1 Å². The Morgan fingerprint density at radius 3 is 2.78 bits per heavy atom. The van der Waals surface area contributed by atoms with Crippen LogP contribution in [-0.2, 0) is 11.2 Å². The molecule has 2 rings (SSSR count). The first-order valence-corrected chi connectivity index (χ1v) is 6.17. The summed E-state index contributed by atoms with van der Waals surface area (Å²) in [5, 5.41) is 11.5. The largest absolute Gasteiger partial charge is 0.325 e. The zero-order valence-electron chi connectivity index (χ0n) is 10.5. The van der Waals surface area contributed by atoms with Crippen LogP contribution in [0.25, 0.3) is 0 Å². The molecule has 0 unspecified atom stereocenters. The zero-order valence-corrected chi connectivity index (χ0v) is 10.5. The third-order valence-corrected chi connectivity index (χ3v) is 3.33. The van der Waals surface area contributed by atoms with Gasteiger partial charge in [0.25, 0.3) is 0 Å².